The van der Waals surface area contributed by atoms with E-state index in [-0.39, 0.29) is 0 Å². The smallest absolute Gasteiger partial charge is 0.0649 e. The summed E-state index contributed by atoms with van der Waals surface area (Å²) in [7, 11) is 0. The summed E-state index contributed by atoms with van der Waals surface area (Å²) < 4.78 is 0. The lowest BCUT2D eigenvalue weighted by molar-refractivity contribution is 0.946. The van der Waals surface area contributed by atoms with Gasteiger partial charge < -0.3 is 0 Å². The van der Waals surface area contributed by atoms with Crippen LogP contribution in [0.4, 0.5) is 0 Å². The van der Waals surface area contributed by atoms with Crippen molar-refractivity contribution in [2.45, 2.75) is 6.42 Å². The SMILES string of the molecule is C(=C\c1ccccc1)/C1=NCCc2ccccc21. The average Bonchev–Trinajstić information content (AvgIpc) is 2.46. The Morgan fingerprint density at radius 1 is 0.833 bits per heavy atom. The summed E-state index contributed by atoms with van der Waals surface area (Å²) in [6, 6.07) is 18.9. The second-order valence-corrected chi connectivity index (χ2v) is 4.42. The molecule has 0 saturated carbocycles. The third-order valence-electron chi connectivity index (χ3n) is 3.19. The molecule has 1 heterocycles. The van der Waals surface area contributed by atoms with Gasteiger partial charge in [0.25, 0.3) is 0 Å². The molecule has 2 aromatic carbocycles. The van der Waals surface area contributed by atoms with Gasteiger partial charge in [0.1, 0.15) is 0 Å². The summed E-state index contributed by atoms with van der Waals surface area (Å²) in [5, 5.41) is 0. The summed E-state index contributed by atoms with van der Waals surface area (Å²) in [6.07, 6.45) is 5.30. The number of hydrogen-bond acceptors (Lipinski definition) is 1. The first kappa shape index (κ1) is 11.0. The van der Waals surface area contributed by atoms with E-state index in [1.165, 1.54) is 16.7 Å². The molecule has 0 saturated heterocycles. The molecule has 0 aliphatic carbocycles. The summed E-state index contributed by atoms with van der Waals surface area (Å²) in [6.45, 7) is 0.894. The second kappa shape index (κ2) is 5.01. The fourth-order valence-electron chi connectivity index (χ4n) is 2.25. The van der Waals surface area contributed by atoms with Gasteiger partial charge in [-0.25, -0.2) is 0 Å². The molecular formula is C17H15N. The highest BCUT2D eigenvalue weighted by Gasteiger charge is 2.10. The summed E-state index contributed by atoms with van der Waals surface area (Å²) in [5.74, 6) is 0. The third-order valence-corrected chi connectivity index (χ3v) is 3.19. The molecule has 18 heavy (non-hydrogen) atoms. The van der Waals surface area contributed by atoms with Gasteiger partial charge in [0.05, 0.1) is 5.71 Å². The Labute approximate surface area is 108 Å². The van der Waals surface area contributed by atoms with Crippen molar-refractivity contribution in [1.29, 1.82) is 0 Å². The second-order valence-electron chi connectivity index (χ2n) is 4.42. The monoisotopic (exact) mass is 233 g/mol. The van der Waals surface area contributed by atoms with Crippen molar-refractivity contribution in [3.05, 3.63) is 77.4 Å². The molecular weight excluding hydrogens is 218 g/mol. The van der Waals surface area contributed by atoms with Gasteiger partial charge in [-0.3, -0.25) is 4.99 Å². The molecule has 1 heteroatoms. The van der Waals surface area contributed by atoms with Crippen LogP contribution < -0.4 is 0 Å². The predicted molar refractivity (Wildman–Crippen MR) is 77.0 cm³/mol. The maximum Gasteiger partial charge on any atom is 0.0649 e. The molecule has 2 aromatic rings. The Morgan fingerprint density at radius 2 is 1.61 bits per heavy atom. The molecule has 0 aromatic heterocycles. The minimum Gasteiger partial charge on any atom is -0.284 e. The fraction of sp³-hybridized carbons (Fsp3) is 0.118. The summed E-state index contributed by atoms with van der Waals surface area (Å²) in [4.78, 5) is 4.62. The van der Waals surface area contributed by atoms with Gasteiger partial charge in [-0.2, -0.15) is 0 Å². The number of hydrogen-bond donors (Lipinski definition) is 0. The molecule has 1 aliphatic rings. The van der Waals surface area contributed by atoms with Gasteiger partial charge in [-0.1, -0.05) is 60.7 Å². The number of benzene rings is 2. The van der Waals surface area contributed by atoms with E-state index in [9.17, 15) is 0 Å². The maximum absolute atomic E-state index is 4.62. The average molecular weight is 233 g/mol. The van der Waals surface area contributed by atoms with Crippen LogP contribution in [0, 0.1) is 0 Å². The summed E-state index contributed by atoms with van der Waals surface area (Å²) in [5.41, 5.74) is 4.99. The fourth-order valence-corrected chi connectivity index (χ4v) is 2.25. The first-order valence-electron chi connectivity index (χ1n) is 6.29. The number of rotatable bonds is 2. The van der Waals surface area contributed by atoms with Gasteiger partial charge in [-0.05, 0) is 23.6 Å². The Morgan fingerprint density at radius 3 is 2.50 bits per heavy atom. The largest absolute Gasteiger partial charge is 0.284 e. The standard InChI is InChI=1S/C17H15N/c1-2-6-14(7-3-1)10-11-17-16-9-5-4-8-15(16)12-13-18-17/h1-11H,12-13H2/b11-10+. The van der Waals surface area contributed by atoms with E-state index >= 15 is 0 Å². The number of fused-ring (bicyclic) bond motifs is 1. The normalized spacial score (nSPS) is 14.3. The van der Waals surface area contributed by atoms with Crippen molar-refractivity contribution in [2.75, 3.05) is 6.54 Å². The molecule has 0 amide bonds. The zero-order valence-electron chi connectivity index (χ0n) is 10.2. The number of allylic oxidation sites excluding steroid dienone is 1. The number of nitrogens with zero attached hydrogens (tertiary/aromatic N) is 1. The molecule has 3 rings (SSSR count). The highest BCUT2D eigenvalue weighted by molar-refractivity contribution is 6.12. The minimum absolute atomic E-state index is 0.894. The Kier molecular flexibility index (Phi) is 3.05. The Hall–Kier alpha value is -2.15. The van der Waals surface area contributed by atoms with Gasteiger partial charge >= 0.3 is 0 Å². The highest BCUT2D eigenvalue weighted by atomic mass is 14.7. The van der Waals surface area contributed by atoms with Crippen molar-refractivity contribution in [3.63, 3.8) is 0 Å². The van der Waals surface area contributed by atoms with Gasteiger partial charge in [0, 0.05) is 12.1 Å². The minimum atomic E-state index is 0.894. The van der Waals surface area contributed by atoms with Crippen molar-refractivity contribution in [3.8, 4) is 0 Å². The van der Waals surface area contributed by atoms with Crippen molar-refractivity contribution in [1.82, 2.24) is 0 Å². The maximum atomic E-state index is 4.62. The predicted octanol–water partition coefficient (Wildman–Crippen LogP) is 3.75. The van der Waals surface area contributed by atoms with Crippen LogP contribution in [0.3, 0.4) is 0 Å². The van der Waals surface area contributed by atoms with Crippen LogP contribution in [0.25, 0.3) is 6.08 Å². The third kappa shape index (κ3) is 2.25. The molecule has 0 N–H and O–H groups in total. The molecule has 1 aliphatic heterocycles. The zero-order valence-corrected chi connectivity index (χ0v) is 10.2. The van der Waals surface area contributed by atoms with Gasteiger partial charge in [-0.15, -0.1) is 0 Å². The molecule has 1 nitrogen and oxygen atoms in total. The van der Waals surface area contributed by atoms with Crippen LogP contribution in [0.1, 0.15) is 16.7 Å². The molecule has 88 valence electrons. The number of aliphatic imine (C=N–C) groups is 1. The van der Waals surface area contributed by atoms with Crippen LogP contribution in [-0.2, 0) is 6.42 Å². The van der Waals surface area contributed by atoms with Gasteiger partial charge in [0.2, 0.25) is 0 Å². The van der Waals surface area contributed by atoms with E-state index in [4.69, 9.17) is 0 Å². The van der Waals surface area contributed by atoms with Crippen molar-refractivity contribution >= 4 is 11.8 Å². The van der Waals surface area contributed by atoms with Crippen LogP contribution >= 0.6 is 0 Å². The van der Waals surface area contributed by atoms with E-state index in [2.05, 4.69) is 65.7 Å². The van der Waals surface area contributed by atoms with Crippen LogP contribution in [0.15, 0.2) is 65.7 Å². The lowest BCUT2D eigenvalue weighted by Gasteiger charge is -2.14. The van der Waals surface area contributed by atoms with Crippen LogP contribution in [0.5, 0.6) is 0 Å². The lowest BCUT2D eigenvalue weighted by Crippen LogP contribution is -2.10. The van der Waals surface area contributed by atoms with Gasteiger partial charge in [0.15, 0.2) is 0 Å². The van der Waals surface area contributed by atoms with Crippen LogP contribution in [-0.4, -0.2) is 12.3 Å². The molecule has 0 radical (unpaired) electrons. The first-order chi connectivity index (χ1) is 8.93. The highest BCUT2D eigenvalue weighted by Crippen LogP contribution is 2.17. The molecule has 0 unspecified atom stereocenters. The van der Waals surface area contributed by atoms with E-state index in [1.807, 2.05) is 6.07 Å². The molecule has 0 atom stereocenters. The molecule has 0 fully saturated rings. The Balaban J connectivity index is 1.90. The van der Waals surface area contributed by atoms with E-state index in [0.29, 0.717) is 0 Å². The van der Waals surface area contributed by atoms with Crippen LogP contribution in [0.2, 0.25) is 0 Å². The van der Waals surface area contributed by atoms with Crippen molar-refractivity contribution < 1.29 is 0 Å². The van der Waals surface area contributed by atoms with E-state index in [0.717, 1.165) is 18.7 Å². The first-order valence-corrected chi connectivity index (χ1v) is 6.29. The molecule has 0 bridgehead atoms. The molecule has 0 spiro atoms. The quantitative estimate of drug-likeness (QED) is 0.749. The van der Waals surface area contributed by atoms with Crippen molar-refractivity contribution in [2.24, 2.45) is 4.99 Å². The summed E-state index contributed by atoms with van der Waals surface area (Å²) >= 11 is 0. The topological polar surface area (TPSA) is 12.4 Å². The lowest BCUT2D eigenvalue weighted by atomic mass is 9.97. The van der Waals surface area contributed by atoms with E-state index < -0.39 is 0 Å². The van der Waals surface area contributed by atoms with E-state index in [1.54, 1.807) is 0 Å². The Bertz CT molecular complexity index is 594. The zero-order chi connectivity index (χ0) is 12.2.